The van der Waals surface area contributed by atoms with Crippen LogP contribution >= 0.6 is 0 Å². The van der Waals surface area contributed by atoms with E-state index in [1.165, 1.54) is 22.3 Å². The van der Waals surface area contributed by atoms with Crippen LogP contribution in [0.25, 0.3) is 55.7 Å². The molecule has 6 nitrogen and oxygen atoms in total. The summed E-state index contributed by atoms with van der Waals surface area (Å²) >= 11 is 0. The van der Waals surface area contributed by atoms with Crippen molar-refractivity contribution >= 4 is 21.9 Å². The predicted molar refractivity (Wildman–Crippen MR) is 166 cm³/mol. The molecule has 0 fully saturated rings. The molecule has 200 valence electrons. The molecule has 0 radical (unpaired) electrons. The zero-order valence-corrected chi connectivity index (χ0v) is 22.9. The first kappa shape index (κ1) is 24.9. The van der Waals surface area contributed by atoms with Gasteiger partial charge in [-0.25, -0.2) is 4.98 Å². The molecule has 4 aromatic carbocycles. The van der Waals surface area contributed by atoms with Crippen molar-refractivity contribution in [2.24, 2.45) is 0 Å². The highest BCUT2D eigenvalue weighted by Gasteiger charge is 2.16. The summed E-state index contributed by atoms with van der Waals surface area (Å²) < 4.78 is 0. The van der Waals surface area contributed by atoms with Gasteiger partial charge in [-0.2, -0.15) is 5.10 Å². The Morgan fingerprint density at radius 3 is 2.37 bits per heavy atom. The van der Waals surface area contributed by atoms with Crippen LogP contribution in [0.15, 0.2) is 109 Å². The van der Waals surface area contributed by atoms with E-state index >= 15 is 0 Å². The summed E-state index contributed by atoms with van der Waals surface area (Å²) in [5.41, 5.74) is 12.1. The predicted octanol–water partition coefficient (Wildman–Crippen LogP) is 7.69. The molecule has 0 saturated carbocycles. The van der Waals surface area contributed by atoms with Gasteiger partial charge in [0.1, 0.15) is 5.69 Å². The molecule has 6 heteroatoms. The normalized spacial score (nSPS) is 11.4. The van der Waals surface area contributed by atoms with Crippen molar-refractivity contribution in [3.63, 3.8) is 0 Å². The standard InChI is InChI=1S/C35H30N6/c1-2-23-17-25(22-37-21-24-7-4-3-5-8-24)19-28(18-23)27-11-12-31-30(20-27)34(41-40-31)35-38-32-10-6-9-29(33(32)39-35)26-13-15-36-16-14-26/h3-20,37H,2,21-22H2,1H3,(H,38,39)(H,40,41). The van der Waals surface area contributed by atoms with Crippen molar-refractivity contribution in [2.75, 3.05) is 0 Å². The lowest BCUT2D eigenvalue weighted by Crippen LogP contribution is -2.12. The van der Waals surface area contributed by atoms with Gasteiger partial charge in [0.2, 0.25) is 0 Å². The van der Waals surface area contributed by atoms with Gasteiger partial charge in [-0.15, -0.1) is 0 Å². The molecule has 3 aromatic heterocycles. The Morgan fingerprint density at radius 2 is 1.51 bits per heavy atom. The number of aryl methyl sites for hydroxylation is 1. The molecule has 0 bridgehead atoms. The number of para-hydroxylation sites is 1. The van der Waals surface area contributed by atoms with E-state index in [0.29, 0.717) is 0 Å². The summed E-state index contributed by atoms with van der Waals surface area (Å²) in [7, 11) is 0. The maximum Gasteiger partial charge on any atom is 0.159 e. The fraction of sp³-hybridized carbons (Fsp3) is 0.114. The van der Waals surface area contributed by atoms with E-state index in [1.807, 2.05) is 30.6 Å². The van der Waals surface area contributed by atoms with Crippen LogP contribution in [0.5, 0.6) is 0 Å². The minimum absolute atomic E-state index is 0.748. The number of aromatic amines is 2. The summed E-state index contributed by atoms with van der Waals surface area (Å²) in [5.74, 6) is 0.748. The summed E-state index contributed by atoms with van der Waals surface area (Å²) in [5, 5.41) is 12.5. The number of nitrogens with zero attached hydrogens (tertiary/aromatic N) is 3. The zero-order valence-electron chi connectivity index (χ0n) is 22.9. The first-order valence-corrected chi connectivity index (χ1v) is 14.0. The summed E-state index contributed by atoms with van der Waals surface area (Å²) in [6, 6.07) is 34.1. The Balaban J connectivity index is 1.23. The molecule has 0 aliphatic rings. The lowest BCUT2D eigenvalue weighted by atomic mass is 9.97. The molecule has 7 aromatic rings. The molecule has 0 aliphatic carbocycles. The molecule has 0 saturated heterocycles. The van der Waals surface area contributed by atoms with Gasteiger partial charge >= 0.3 is 0 Å². The maximum atomic E-state index is 5.02. The third kappa shape index (κ3) is 5.01. The Morgan fingerprint density at radius 1 is 0.683 bits per heavy atom. The molecular formula is C35H30N6. The highest BCUT2D eigenvalue weighted by molar-refractivity contribution is 5.98. The minimum Gasteiger partial charge on any atom is -0.337 e. The average Bonchev–Trinajstić information content (AvgIpc) is 3.66. The number of hydrogen-bond donors (Lipinski definition) is 3. The Labute approximate surface area is 238 Å². The molecular weight excluding hydrogens is 504 g/mol. The van der Waals surface area contributed by atoms with E-state index in [0.717, 1.165) is 69.7 Å². The molecule has 3 N–H and O–H groups in total. The number of fused-ring (bicyclic) bond motifs is 2. The number of pyridine rings is 1. The fourth-order valence-electron chi connectivity index (χ4n) is 5.47. The van der Waals surface area contributed by atoms with Crippen molar-refractivity contribution in [1.82, 2.24) is 30.5 Å². The average molecular weight is 535 g/mol. The number of H-pyrrole nitrogens is 2. The van der Waals surface area contributed by atoms with Gasteiger partial charge in [0.25, 0.3) is 0 Å². The van der Waals surface area contributed by atoms with Crippen LogP contribution < -0.4 is 5.32 Å². The van der Waals surface area contributed by atoms with Crippen LogP contribution in [0.2, 0.25) is 0 Å². The maximum absolute atomic E-state index is 5.02. The quantitative estimate of drug-likeness (QED) is 0.187. The van der Waals surface area contributed by atoms with Gasteiger partial charge in [-0.3, -0.25) is 10.1 Å². The van der Waals surface area contributed by atoms with E-state index in [-0.39, 0.29) is 0 Å². The topological polar surface area (TPSA) is 82.3 Å². The second-order valence-electron chi connectivity index (χ2n) is 10.3. The number of aromatic nitrogens is 5. The van der Waals surface area contributed by atoms with Crippen LogP contribution in [0.3, 0.4) is 0 Å². The monoisotopic (exact) mass is 534 g/mol. The number of rotatable bonds is 8. The largest absolute Gasteiger partial charge is 0.337 e. The molecule has 0 atom stereocenters. The Kier molecular flexibility index (Phi) is 6.59. The molecule has 0 amide bonds. The van der Waals surface area contributed by atoms with Crippen LogP contribution in [0.1, 0.15) is 23.6 Å². The van der Waals surface area contributed by atoms with Gasteiger partial charge in [0.05, 0.1) is 16.6 Å². The van der Waals surface area contributed by atoms with E-state index in [4.69, 9.17) is 4.98 Å². The molecule has 0 spiro atoms. The van der Waals surface area contributed by atoms with Gasteiger partial charge in [0, 0.05) is 36.4 Å². The minimum atomic E-state index is 0.748. The number of benzene rings is 4. The zero-order chi connectivity index (χ0) is 27.6. The van der Waals surface area contributed by atoms with E-state index in [1.54, 1.807) is 0 Å². The van der Waals surface area contributed by atoms with Gasteiger partial charge in [-0.05, 0) is 76.2 Å². The van der Waals surface area contributed by atoms with Crippen LogP contribution in [-0.4, -0.2) is 25.1 Å². The van der Waals surface area contributed by atoms with Crippen molar-refractivity contribution in [3.05, 3.63) is 126 Å². The smallest absolute Gasteiger partial charge is 0.159 e. The summed E-state index contributed by atoms with van der Waals surface area (Å²) in [4.78, 5) is 12.7. The lowest BCUT2D eigenvalue weighted by molar-refractivity contribution is 0.693. The van der Waals surface area contributed by atoms with Crippen LogP contribution in [0.4, 0.5) is 0 Å². The molecule has 41 heavy (non-hydrogen) atoms. The summed E-state index contributed by atoms with van der Waals surface area (Å²) in [6.45, 7) is 3.87. The number of imidazole rings is 1. The highest BCUT2D eigenvalue weighted by atomic mass is 15.1. The summed E-state index contributed by atoms with van der Waals surface area (Å²) in [6.07, 6.45) is 4.60. The number of hydrogen-bond acceptors (Lipinski definition) is 4. The molecule has 0 aliphatic heterocycles. The van der Waals surface area contributed by atoms with Crippen LogP contribution in [-0.2, 0) is 19.5 Å². The lowest BCUT2D eigenvalue weighted by Gasteiger charge is -2.11. The van der Waals surface area contributed by atoms with Gasteiger partial charge in [-0.1, -0.05) is 67.6 Å². The molecule has 3 heterocycles. The highest BCUT2D eigenvalue weighted by Crippen LogP contribution is 2.33. The van der Waals surface area contributed by atoms with Crippen molar-refractivity contribution in [3.8, 4) is 33.8 Å². The third-order valence-corrected chi connectivity index (χ3v) is 7.59. The second-order valence-corrected chi connectivity index (χ2v) is 10.3. The third-order valence-electron chi connectivity index (χ3n) is 7.59. The molecule has 0 unspecified atom stereocenters. The SMILES string of the molecule is CCc1cc(CNCc2ccccc2)cc(-c2ccc3[nH]nc(-c4nc5c(-c6ccncc6)cccc5[nH]4)c3c2)c1. The van der Waals surface area contributed by atoms with Crippen molar-refractivity contribution in [2.45, 2.75) is 26.4 Å². The Hall–Kier alpha value is -5.07. The first-order chi connectivity index (χ1) is 20.2. The van der Waals surface area contributed by atoms with Crippen molar-refractivity contribution < 1.29 is 0 Å². The Bertz CT molecular complexity index is 1950. The van der Waals surface area contributed by atoms with E-state index in [2.05, 4.69) is 111 Å². The first-order valence-electron chi connectivity index (χ1n) is 14.0. The molecule has 7 rings (SSSR count). The van der Waals surface area contributed by atoms with Crippen molar-refractivity contribution in [1.29, 1.82) is 0 Å². The number of nitrogens with one attached hydrogen (secondary N) is 3. The van der Waals surface area contributed by atoms with E-state index in [9.17, 15) is 0 Å². The van der Waals surface area contributed by atoms with E-state index < -0.39 is 0 Å². The van der Waals surface area contributed by atoms with Gasteiger partial charge < -0.3 is 10.3 Å². The second kappa shape index (κ2) is 10.8. The fourth-order valence-corrected chi connectivity index (χ4v) is 5.47. The van der Waals surface area contributed by atoms with Crippen LogP contribution in [0, 0.1) is 0 Å². The van der Waals surface area contributed by atoms with Gasteiger partial charge in [0.15, 0.2) is 5.82 Å².